The van der Waals surface area contributed by atoms with Crippen molar-refractivity contribution in [2.75, 3.05) is 13.2 Å². The zero-order valence-electron chi connectivity index (χ0n) is 10.4. The molecule has 1 N–H and O–H groups in total. The minimum Gasteiger partial charge on any atom is -0.466 e. The second kappa shape index (κ2) is 6.52. The van der Waals surface area contributed by atoms with Crippen LogP contribution < -0.4 is 5.32 Å². The van der Waals surface area contributed by atoms with E-state index in [9.17, 15) is 4.79 Å². The van der Waals surface area contributed by atoms with Gasteiger partial charge in [0.2, 0.25) is 0 Å². The van der Waals surface area contributed by atoms with Crippen LogP contribution in [0.4, 0.5) is 0 Å². The van der Waals surface area contributed by atoms with E-state index >= 15 is 0 Å². The van der Waals surface area contributed by atoms with Gasteiger partial charge in [-0.1, -0.05) is 12.1 Å². The van der Waals surface area contributed by atoms with Gasteiger partial charge < -0.3 is 10.1 Å². The molecule has 0 aliphatic carbocycles. The van der Waals surface area contributed by atoms with Gasteiger partial charge in [0.05, 0.1) is 13.0 Å². The van der Waals surface area contributed by atoms with E-state index in [0.29, 0.717) is 19.6 Å². The van der Waals surface area contributed by atoms with Crippen LogP contribution in [0.15, 0.2) is 29.6 Å². The predicted molar refractivity (Wildman–Crippen MR) is 74.8 cm³/mol. The first-order chi connectivity index (χ1) is 8.81. The van der Waals surface area contributed by atoms with Crippen LogP contribution in [0.5, 0.6) is 0 Å². The molecule has 4 heteroatoms. The van der Waals surface area contributed by atoms with E-state index < -0.39 is 0 Å². The van der Waals surface area contributed by atoms with Crippen molar-refractivity contribution in [3.63, 3.8) is 0 Å². The van der Waals surface area contributed by atoms with Gasteiger partial charge in [-0.3, -0.25) is 4.79 Å². The number of carbonyl (C=O) groups excluding carboxylic acids is 1. The van der Waals surface area contributed by atoms with Gasteiger partial charge in [0.1, 0.15) is 0 Å². The Morgan fingerprint density at radius 3 is 3.11 bits per heavy atom. The molecule has 1 heterocycles. The van der Waals surface area contributed by atoms with Gasteiger partial charge in [-0.2, -0.15) is 0 Å². The maximum Gasteiger partial charge on any atom is 0.307 e. The number of nitrogens with one attached hydrogen (secondary N) is 1. The zero-order chi connectivity index (χ0) is 12.8. The standard InChI is InChI=1S/C14H17NO2S/c1-2-17-14(16)6-8-15-10-11-4-3-5-13-12(11)7-9-18-13/h3-5,7,9,15H,2,6,8,10H2,1H3. The van der Waals surface area contributed by atoms with Gasteiger partial charge in [0.25, 0.3) is 0 Å². The highest BCUT2D eigenvalue weighted by molar-refractivity contribution is 7.17. The molecule has 0 atom stereocenters. The van der Waals surface area contributed by atoms with Gasteiger partial charge in [0.15, 0.2) is 0 Å². The lowest BCUT2D eigenvalue weighted by molar-refractivity contribution is -0.142. The molecule has 1 aromatic heterocycles. The van der Waals surface area contributed by atoms with Crippen LogP contribution in [0.3, 0.4) is 0 Å². The molecule has 0 saturated heterocycles. The minimum atomic E-state index is -0.140. The van der Waals surface area contributed by atoms with Crippen molar-refractivity contribution in [1.82, 2.24) is 5.32 Å². The lowest BCUT2D eigenvalue weighted by atomic mass is 10.1. The summed E-state index contributed by atoms with van der Waals surface area (Å²) < 4.78 is 6.18. The van der Waals surface area contributed by atoms with Crippen LogP contribution in [0.1, 0.15) is 18.9 Å². The monoisotopic (exact) mass is 263 g/mol. The zero-order valence-corrected chi connectivity index (χ0v) is 11.3. The third kappa shape index (κ3) is 3.31. The number of rotatable bonds is 6. The van der Waals surface area contributed by atoms with Gasteiger partial charge in [-0.25, -0.2) is 0 Å². The first kappa shape index (κ1) is 13.1. The fourth-order valence-corrected chi connectivity index (χ4v) is 2.69. The Kier molecular flexibility index (Phi) is 4.73. The van der Waals surface area contributed by atoms with Gasteiger partial charge in [0, 0.05) is 17.8 Å². The normalized spacial score (nSPS) is 10.7. The van der Waals surface area contributed by atoms with Crippen LogP contribution in [0, 0.1) is 0 Å². The number of esters is 1. The summed E-state index contributed by atoms with van der Waals surface area (Å²) in [5, 5.41) is 6.68. The first-order valence-electron chi connectivity index (χ1n) is 6.12. The molecule has 1 aromatic carbocycles. The molecular weight excluding hydrogens is 246 g/mol. The maximum atomic E-state index is 11.2. The molecule has 0 saturated carbocycles. The second-order valence-corrected chi connectivity index (χ2v) is 4.93. The Morgan fingerprint density at radius 1 is 1.39 bits per heavy atom. The highest BCUT2D eigenvalue weighted by Crippen LogP contribution is 2.23. The lowest BCUT2D eigenvalue weighted by Crippen LogP contribution is -2.19. The van der Waals surface area contributed by atoms with E-state index in [-0.39, 0.29) is 5.97 Å². The van der Waals surface area contributed by atoms with Crippen molar-refractivity contribution in [2.45, 2.75) is 19.9 Å². The van der Waals surface area contributed by atoms with Crippen LogP contribution in [-0.2, 0) is 16.1 Å². The average molecular weight is 263 g/mol. The van der Waals surface area contributed by atoms with E-state index in [2.05, 4.69) is 35.0 Å². The molecule has 0 bridgehead atoms. The van der Waals surface area contributed by atoms with Gasteiger partial charge in [-0.15, -0.1) is 11.3 Å². The predicted octanol–water partition coefficient (Wildman–Crippen LogP) is 2.94. The highest BCUT2D eigenvalue weighted by atomic mass is 32.1. The summed E-state index contributed by atoms with van der Waals surface area (Å²) in [5.74, 6) is -0.140. The van der Waals surface area contributed by atoms with Crippen LogP contribution >= 0.6 is 11.3 Å². The number of fused-ring (bicyclic) bond motifs is 1. The van der Waals surface area contributed by atoms with Gasteiger partial charge in [-0.05, 0) is 35.4 Å². The molecular formula is C14H17NO2S. The van der Waals surface area contributed by atoms with Crippen molar-refractivity contribution >= 4 is 27.4 Å². The Hall–Kier alpha value is -1.39. The van der Waals surface area contributed by atoms with E-state index in [0.717, 1.165) is 6.54 Å². The summed E-state index contributed by atoms with van der Waals surface area (Å²) in [7, 11) is 0. The average Bonchev–Trinajstić information content (AvgIpc) is 2.84. The molecule has 2 rings (SSSR count). The molecule has 3 nitrogen and oxygen atoms in total. The van der Waals surface area contributed by atoms with Crippen molar-refractivity contribution in [3.8, 4) is 0 Å². The van der Waals surface area contributed by atoms with Crippen molar-refractivity contribution < 1.29 is 9.53 Å². The van der Waals surface area contributed by atoms with Crippen molar-refractivity contribution in [1.29, 1.82) is 0 Å². The Balaban J connectivity index is 1.83. The van der Waals surface area contributed by atoms with Crippen molar-refractivity contribution in [2.24, 2.45) is 0 Å². The lowest BCUT2D eigenvalue weighted by Gasteiger charge is -2.06. The smallest absolute Gasteiger partial charge is 0.307 e. The number of hydrogen-bond acceptors (Lipinski definition) is 4. The largest absolute Gasteiger partial charge is 0.466 e. The maximum absolute atomic E-state index is 11.2. The fraction of sp³-hybridized carbons (Fsp3) is 0.357. The molecule has 0 aliphatic heterocycles. The summed E-state index contributed by atoms with van der Waals surface area (Å²) in [5.41, 5.74) is 1.28. The molecule has 2 aromatic rings. The summed E-state index contributed by atoms with van der Waals surface area (Å²) in [6, 6.07) is 8.46. The summed E-state index contributed by atoms with van der Waals surface area (Å²) in [6.45, 7) is 3.71. The third-order valence-electron chi connectivity index (χ3n) is 2.71. The molecule has 0 spiro atoms. The quantitative estimate of drug-likeness (QED) is 0.643. The minimum absolute atomic E-state index is 0.140. The third-order valence-corrected chi connectivity index (χ3v) is 3.59. The fourth-order valence-electron chi connectivity index (χ4n) is 1.86. The summed E-state index contributed by atoms with van der Waals surface area (Å²) in [4.78, 5) is 11.2. The highest BCUT2D eigenvalue weighted by Gasteiger charge is 2.03. The Labute approximate surface area is 111 Å². The van der Waals surface area contributed by atoms with E-state index in [4.69, 9.17) is 4.74 Å². The molecule has 0 fully saturated rings. The second-order valence-electron chi connectivity index (χ2n) is 3.98. The van der Waals surface area contributed by atoms with Crippen LogP contribution in [0.25, 0.3) is 10.1 Å². The first-order valence-corrected chi connectivity index (χ1v) is 7.00. The Morgan fingerprint density at radius 2 is 2.28 bits per heavy atom. The molecule has 0 aliphatic rings. The molecule has 0 radical (unpaired) electrons. The number of carbonyl (C=O) groups is 1. The molecule has 96 valence electrons. The summed E-state index contributed by atoms with van der Waals surface area (Å²) in [6.07, 6.45) is 0.424. The number of benzene rings is 1. The van der Waals surface area contributed by atoms with E-state index in [1.54, 1.807) is 11.3 Å². The van der Waals surface area contributed by atoms with Crippen molar-refractivity contribution in [3.05, 3.63) is 35.2 Å². The number of thiophene rings is 1. The molecule has 0 unspecified atom stereocenters. The topological polar surface area (TPSA) is 38.3 Å². The van der Waals surface area contributed by atoms with Gasteiger partial charge >= 0.3 is 5.97 Å². The van der Waals surface area contributed by atoms with Crippen LogP contribution in [-0.4, -0.2) is 19.1 Å². The van der Waals surface area contributed by atoms with E-state index in [1.807, 2.05) is 6.92 Å². The molecule has 18 heavy (non-hydrogen) atoms. The SMILES string of the molecule is CCOC(=O)CCNCc1cccc2sccc12. The molecule has 0 amide bonds. The number of ether oxygens (including phenoxy) is 1. The van der Waals surface area contributed by atoms with Crippen LogP contribution in [0.2, 0.25) is 0 Å². The number of hydrogen-bond donors (Lipinski definition) is 1. The Bertz CT molecular complexity index is 521. The summed E-state index contributed by atoms with van der Waals surface area (Å²) >= 11 is 1.75. The van der Waals surface area contributed by atoms with E-state index in [1.165, 1.54) is 15.6 Å².